The van der Waals surface area contributed by atoms with Gasteiger partial charge in [0, 0.05) is 36.7 Å². The Morgan fingerprint density at radius 1 is 0.840 bits per heavy atom. The Morgan fingerprint density at radius 3 is 2.28 bits per heavy atom. The van der Waals surface area contributed by atoms with Crippen LogP contribution in [0.4, 0.5) is 17.3 Å². The number of carbonyl (C=O) groups excluding carboxylic acids is 1. The maximum absolute atomic E-state index is 11.9. The average molecular weight is 334 g/mol. The standard InChI is InChI=1S/C18H18N6O/c25-18(14-4-2-1-3-5-14)21-13-12-20-16-6-7-17(24-23-16)22-15-8-10-19-11-9-15/h1-11H,12-13H2,(H,20,23)(H,21,25)(H,19,22,24). The van der Waals surface area contributed by atoms with Crippen molar-refractivity contribution in [1.82, 2.24) is 20.5 Å². The van der Waals surface area contributed by atoms with Gasteiger partial charge in [-0.05, 0) is 36.4 Å². The number of amides is 1. The number of carbonyl (C=O) groups is 1. The lowest BCUT2D eigenvalue weighted by atomic mass is 10.2. The van der Waals surface area contributed by atoms with Crippen LogP contribution in [0.3, 0.4) is 0 Å². The highest BCUT2D eigenvalue weighted by Gasteiger charge is 2.03. The lowest BCUT2D eigenvalue weighted by Gasteiger charge is -2.08. The number of pyridine rings is 1. The summed E-state index contributed by atoms with van der Waals surface area (Å²) in [4.78, 5) is 15.9. The number of hydrogen-bond donors (Lipinski definition) is 3. The van der Waals surface area contributed by atoms with E-state index in [1.807, 2.05) is 42.5 Å². The average Bonchev–Trinajstić information content (AvgIpc) is 2.68. The molecular weight excluding hydrogens is 316 g/mol. The maximum Gasteiger partial charge on any atom is 0.251 e. The van der Waals surface area contributed by atoms with E-state index < -0.39 is 0 Å². The summed E-state index contributed by atoms with van der Waals surface area (Å²) in [7, 11) is 0. The molecule has 0 spiro atoms. The van der Waals surface area contributed by atoms with Crippen LogP contribution in [0.5, 0.6) is 0 Å². The third-order valence-corrected chi connectivity index (χ3v) is 3.37. The Bertz CT molecular complexity index is 793. The molecule has 0 bridgehead atoms. The van der Waals surface area contributed by atoms with Gasteiger partial charge in [0.2, 0.25) is 0 Å². The van der Waals surface area contributed by atoms with E-state index in [0.717, 1.165) is 5.69 Å². The van der Waals surface area contributed by atoms with E-state index in [9.17, 15) is 4.79 Å². The predicted octanol–water partition coefficient (Wildman–Crippen LogP) is 2.46. The normalized spacial score (nSPS) is 10.1. The highest BCUT2D eigenvalue weighted by Crippen LogP contribution is 2.13. The van der Waals surface area contributed by atoms with E-state index in [0.29, 0.717) is 30.3 Å². The summed E-state index contributed by atoms with van der Waals surface area (Å²) in [5.41, 5.74) is 1.54. The second kappa shape index (κ2) is 8.39. The molecule has 7 heteroatoms. The van der Waals surface area contributed by atoms with Gasteiger partial charge in [-0.2, -0.15) is 0 Å². The van der Waals surface area contributed by atoms with Crippen molar-refractivity contribution < 1.29 is 4.79 Å². The van der Waals surface area contributed by atoms with E-state index >= 15 is 0 Å². The van der Waals surface area contributed by atoms with Crippen LogP contribution in [-0.2, 0) is 0 Å². The molecule has 2 heterocycles. The van der Waals surface area contributed by atoms with Crippen molar-refractivity contribution in [3.63, 3.8) is 0 Å². The minimum absolute atomic E-state index is 0.0922. The smallest absolute Gasteiger partial charge is 0.251 e. The third kappa shape index (κ3) is 5.00. The molecule has 7 nitrogen and oxygen atoms in total. The maximum atomic E-state index is 11.9. The summed E-state index contributed by atoms with van der Waals surface area (Å²) in [5.74, 6) is 1.20. The predicted molar refractivity (Wildman–Crippen MR) is 96.8 cm³/mol. The largest absolute Gasteiger partial charge is 0.367 e. The summed E-state index contributed by atoms with van der Waals surface area (Å²) >= 11 is 0. The Labute approximate surface area is 145 Å². The van der Waals surface area contributed by atoms with Crippen molar-refractivity contribution in [3.8, 4) is 0 Å². The highest BCUT2D eigenvalue weighted by molar-refractivity contribution is 5.94. The van der Waals surface area contributed by atoms with Gasteiger partial charge in [-0.25, -0.2) is 0 Å². The number of aromatic nitrogens is 3. The number of anilines is 3. The fraction of sp³-hybridized carbons (Fsp3) is 0.111. The van der Waals surface area contributed by atoms with Gasteiger partial charge in [0.15, 0.2) is 5.82 Å². The van der Waals surface area contributed by atoms with Gasteiger partial charge in [-0.3, -0.25) is 9.78 Å². The Morgan fingerprint density at radius 2 is 1.56 bits per heavy atom. The van der Waals surface area contributed by atoms with Gasteiger partial charge in [0.05, 0.1) is 0 Å². The number of hydrogen-bond acceptors (Lipinski definition) is 6. The molecule has 0 radical (unpaired) electrons. The van der Waals surface area contributed by atoms with E-state index in [-0.39, 0.29) is 5.91 Å². The molecule has 0 aliphatic carbocycles. The minimum Gasteiger partial charge on any atom is -0.367 e. The van der Waals surface area contributed by atoms with Crippen molar-refractivity contribution in [3.05, 3.63) is 72.6 Å². The molecule has 3 N–H and O–H groups in total. The molecule has 0 unspecified atom stereocenters. The molecule has 1 amide bonds. The summed E-state index contributed by atoms with van der Waals surface area (Å²) in [6.07, 6.45) is 3.41. The van der Waals surface area contributed by atoms with E-state index in [1.165, 1.54) is 0 Å². The number of nitrogens with one attached hydrogen (secondary N) is 3. The Balaban J connectivity index is 1.42. The number of nitrogens with zero attached hydrogens (tertiary/aromatic N) is 3. The molecule has 0 aliphatic heterocycles. The second-order valence-corrected chi connectivity index (χ2v) is 5.21. The first-order chi connectivity index (χ1) is 12.3. The first kappa shape index (κ1) is 16.4. The molecule has 1 aromatic carbocycles. The first-order valence-electron chi connectivity index (χ1n) is 7.89. The molecule has 0 atom stereocenters. The quantitative estimate of drug-likeness (QED) is 0.575. The molecule has 0 aliphatic rings. The summed E-state index contributed by atoms with van der Waals surface area (Å²) in [5, 5.41) is 17.3. The molecule has 0 saturated heterocycles. The fourth-order valence-corrected chi connectivity index (χ4v) is 2.13. The Kier molecular flexibility index (Phi) is 5.50. The van der Waals surface area contributed by atoms with Gasteiger partial charge < -0.3 is 16.0 Å². The zero-order valence-corrected chi connectivity index (χ0v) is 13.5. The van der Waals surface area contributed by atoms with Gasteiger partial charge in [0.1, 0.15) is 5.82 Å². The molecule has 0 fully saturated rings. The fourth-order valence-electron chi connectivity index (χ4n) is 2.13. The van der Waals surface area contributed by atoms with Crippen molar-refractivity contribution in [2.75, 3.05) is 23.7 Å². The van der Waals surface area contributed by atoms with Crippen molar-refractivity contribution in [2.24, 2.45) is 0 Å². The van der Waals surface area contributed by atoms with Gasteiger partial charge in [-0.15, -0.1) is 10.2 Å². The van der Waals surface area contributed by atoms with Crippen LogP contribution in [0.1, 0.15) is 10.4 Å². The van der Waals surface area contributed by atoms with Crippen LogP contribution in [0, 0.1) is 0 Å². The topological polar surface area (TPSA) is 91.8 Å². The summed E-state index contributed by atoms with van der Waals surface area (Å²) in [6.45, 7) is 1.05. The lowest BCUT2D eigenvalue weighted by Crippen LogP contribution is -2.28. The van der Waals surface area contributed by atoms with Crippen molar-refractivity contribution in [2.45, 2.75) is 0 Å². The summed E-state index contributed by atoms with van der Waals surface area (Å²) in [6, 6.07) is 16.5. The van der Waals surface area contributed by atoms with Crippen molar-refractivity contribution >= 4 is 23.2 Å². The lowest BCUT2D eigenvalue weighted by molar-refractivity contribution is 0.0955. The molecule has 126 valence electrons. The van der Waals surface area contributed by atoms with Crippen LogP contribution in [0.25, 0.3) is 0 Å². The van der Waals surface area contributed by atoms with Crippen LogP contribution in [-0.4, -0.2) is 34.2 Å². The van der Waals surface area contributed by atoms with Gasteiger partial charge >= 0.3 is 0 Å². The Hall–Kier alpha value is -3.48. The zero-order chi connectivity index (χ0) is 17.3. The second-order valence-electron chi connectivity index (χ2n) is 5.21. The molecule has 3 aromatic rings. The zero-order valence-electron chi connectivity index (χ0n) is 13.5. The number of benzene rings is 1. The van der Waals surface area contributed by atoms with Crippen LogP contribution >= 0.6 is 0 Å². The van der Waals surface area contributed by atoms with Gasteiger partial charge in [0.25, 0.3) is 5.91 Å². The molecule has 25 heavy (non-hydrogen) atoms. The van der Waals surface area contributed by atoms with Gasteiger partial charge in [-0.1, -0.05) is 18.2 Å². The van der Waals surface area contributed by atoms with Crippen LogP contribution in [0.15, 0.2) is 67.0 Å². The number of rotatable bonds is 7. The SMILES string of the molecule is O=C(NCCNc1ccc(Nc2ccncc2)nn1)c1ccccc1. The molecule has 0 saturated carbocycles. The molecule has 3 rings (SSSR count). The molecular formula is C18H18N6O. The molecule has 2 aromatic heterocycles. The minimum atomic E-state index is -0.0922. The first-order valence-corrected chi connectivity index (χ1v) is 7.89. The van der Waals surface area contributed by atoms with Crippen molar-refractivity contribution in [1.29, 1.82) is 0 Å². The van der Waals surface area contributed by atoms with Crippen LogP contribution < -0.4 is 16.0 Å². The third-order valence-electron chi connectivity index (χ3n) is 3.37. The highest BCUT2D eigenvalue weighted by atomic mass is 16.1. The summed E-state index contributed by atoms with van der Waals surface area (Å²) < 4.78 is 0. The van der Waals surface area contributed by atoms with E-state index in [4.69, 9.17) is 0 Å². The van der Waals surface area contributed by atoms with Crippen LogP contribution in [0.2, 0.25) is 0 Å². The monoisotopic (exact) mass is 334 g/mol. The van der Waals surface area contributed by atoms with E-state index in [2.05, 4.69) is 31.1 Å². The van der Waals surface area contributed by atoms with E-state index in [1.54, 1.807) is 24.5 Å².